The first-order valence-corrected chi connectivity index (χ1v) is 11.8. The van der Waals surface area contributed by atoms with Crippen molar-refractivity contribution < 1.29 is 31.3 Å². The van der Waals surface area contributed by atoms with Gasteiger partial charge in [0.2, 0.25) is 10.0 Å². The maximum absolute atomic E-state index is 11.8. The standard InChI is InChI=1S/C16H26N2O7S2/c1-3-5-9-18(10-6-4-2)15-8-7-13(11-14(15)16(19)20)17-26(21,22)12-27(23,24)25/h7-8,11,17H,3-6,9-10,12H2,1-2H3,(H,19,20)(H,23,24,25). The Hall–Kier alpha value is -1.85. The van der Waals surface area contributed by atoms with Crippen LogP contribution in [0.2, 0.25) is 0 Å². The highest BCUT2D eigenvalue weighted by Gasteiger charge is 2.22. The summed E-state index contributed by atoms with van der Waals surface area (Å²) < 4.78 is 55.8. The SMILES string of the molecule is CCCCN(CCCC)c1ccc(NS(=O)(=O)CS(=O)(=O)O)cc1C(=O)O. The van der Waals surface area contributed by atoms with Gasteiger partial charge in [-0.05, 0) is 31.0 Å². The highest BCUT2D eigenvalue weighted by atomic mass is 32.3. The average molecular weight is 423 g/mol. The Labute approximate surface area is 160 Å². The highest BCUT2D eigenvalue weighted by Crippen LogP contribution is 2.26. The van der Waals surface area contributed by atoms with E-state index in [2.05, 4.69) is 0 Å². The third-order valence-corrected chi connectivity index (χ3v) is 6.69. The number of unbranched alkanes of at least 4 members (excludes halogenated alkanes) is 2. The quantitative estimate of drug-likeness (QED) is 0.436. The maximum Gasteiger partial charge on any atom is 0.337 e. The van der Waals surface area contributed by atoms with E-state index in [0.717, 1.165) is 31.7 Å². The lowest BCUT2D eigenvalue weighted by molar-refractivity contribution is 0.0697. The number of hydrogen-bond donors (Lipinski definition) is 3. The van der Waals surface area contributed by atoms with Crippen molar-refractivity contribution in [3.8, 4) is 0 Å². The number of carboxylic acids is 1. The fraction of sp³-hybridized carbons (Fsp3) is 0.562. The number of nitrogens with zero attached hydrogens (tertiary/aromatic N) is 1. The van der Waals surface area contributed by atoms with E-state index >= 15 is 0 Å². The molecule has 0 aliphatic carbocycles. The van der Waals surface area contributed by atoms with Crippen LogP contribution in [0, 0.1) is 0 Å². The van der Waals surface area contributed by atoms with Crippen LogP contribution in [0.5, 0.6) is 0 Å². The maximum atomic E-state index is 11.8. The Bertz CT molecular complexity index is 844. The van der Waals surface area contributed by atoms with E-state index in [1.807, 2.05) is 23.5 Å². The summed E-state index contributed by atoms with van der Waals surface area (Å²) >= 11 is 0. The van der Waals surface area contributed by atoms with Crippen molar-refractivity contribution in [1.29, 1.82) is 0 Å². The number of benzene rings is 1. The van der Waals surface area contributed by atoms with Gasteiger partial charge < -0.3 is 10.0 Å². The van der Waals surface area contributed by atoms with Crippen LogP contribution in [0.4, 0.5) is 11.4 Å². The Morgan fingerprint density at radius 1 is 1.07 bits per heavy atom. The summed E-state index contributed by atoms with van der Waals surface area (Å²) in [4.78, 5) is 13.6. The molecule has 0 radical (unpaired) electrons. The van der Waals surface area contributed by atoms with Gasteiger partial charge in [-0.25, -0.2) is 13.2 Å². The van der Waals surface area contributed by atoms with E-state index in [0.29, 0.717) is 18.8 Å². The molecule has 0 aliphatic heterocycles. The zero-order chi connectivity index (χ0) is 20.7. The number of rotatable bonds is 12. The summed E-state index contributed by atoms with van der Waals surface area (Å²) in [7, 11) is -9.14. The number of anilines is 2. The Kier molecular flexibility index (Phi) is 8.51. The molecule has 0 bridgehead atoms. The second kappa shape index (κ2) is 9.90. The van der Waals surface area contributed by atoms with Gasteiger partial charge in [0.15, 0.2) is 5.08 Å². The Morgan fingerprint density at radius 3 is 2.07 bits per heavy atom. The summed E-state index contributed by atoms with van der Waals surface area (Å²) in [6.45, 7) is 5.40. The summed E-state index contributed by atoms with van der Waals surface area (Å²) in [5.41, 5.74) is 0.294. The monoisotopic (exact) mass is 422 g/mol. The van der Waals surface area contributed by atoms with Gasteiger partial charge in [0.1, 0.15) is 0 Å². The van der Waals surface area contributed by atoms with Crippen molar-refractivity contribution in [3.05, 3.63) is 23.8 Å². The molecule has 0 saturated carbocycles. The van der Waals surface area contributed by atoms with E-state index in [9.17, 15) is 26.7 Å². The van der Waals surface area contributed by atoms with Crippen LogP contribution in [-0.2, 0) is 20.1 Å². The van der Waals surface area contributed by atoms with Gasteiger partial charge in [-0.15, -0.1) is 0 Å². The zero-order valence-electron chi connectivity index (χ0n) is 15.4. The van der Waals surface area contributed by atoms with Crippen molar-refractivity contribution in [1.82, 2.24) is 0 Å². The predicted octanol–water partition coefficient (Wildman–Crippen LogP) is 2.38. The van der Waals surface area contributed by atoms with Crippen molar-refractivity contribution >= 4 is 37.5 Å². The third-order valence-electron chi connectivity index (χ3n) is 3.71. The minimum Gasteiger partial charge on any atom is -0.478 e. The molecule has 0 unspecified atom stereocenters. The van der Waals surface area contributed by atoms with Gasteiger partial charge in [0.05, 0.1) is 11.3 Å². The lowest BCUT2D eigenvalue weighted by Crippen LogP contribution is -2.28. The number of carbonyl (C=O) groups is 1. The first-order chi connectivity index (χ1) is 12.5. The first kappa shape index (κ1) is 23.2. The molecule has 1 aromatic carbocycles. The smallest absolute Gasteiger partial charge is 0.337 e. The van der Waals surface area contributed by atoms with Crippen LogP contribution in [0.25, 0.3) is 0 Å². The predicted molar refractivity (Wildman–Crippen MR) is 104 cm³/mol. The molecule has 3 N–H and O–H groups in total. The van der Waals surface area contributed by atoms with Crippen molar-refractivity contribution in [2.45, 2.75) is 39.5 Å². The molecule has 11 heteroatoms. The molecule has 1 rings (SSSR count). The van der Waals surface area contributed by atoms with Gasteiger partial charge in [-0.2, -0.15) is 8.42 Å². The molecule has 0 fully saturated rings. The molecule has 154 valence electrons. The van der Waals surface area contributed by atoms with Crippen LogP contribution in [-0.4, -0.2) is 50.6 Å². The average Bonchev–Trinajstić information content (AvgIpc) is 2.52. The first-order valence-electron chi connectivity index (χ1n) is 8.57. The van der Waals surface area contributed by atoms with E-state index in [-0.39, 0.29) is 11.3 Å². The highest BCUT2D eigenvalue weighted by molar-refractivity contribution is 8.06. The molecular formula is C16H26N2O7S2. The largest absolute Gasteiger partial charge is 0.478 e. The number of sulfonamides is 1. The minimum atomic E-state index is -4.75. The fourth-order valence-corrected chi connectivity index (χ4v) is 4.79. The molecule has 0 spiro atoms. The molecular weight excluding hydrogens is 396 g/mol. The van der Waals surface area contributed by atoms with Crippen LogP contribution in [0.15, 0.2) is 18.2 Å². The molecule has 0 saturated heterocycles. The van der Waals surface area contributed by atoms with Gasteiger partial charge in [0, 0.05) is 18.8 Å². The van der Waals surface area contributed by atoms with Crippen molar-refractivity contribution in [2.24, 2.45) is 0 Å². The van der Waals surface area contributed by atoms with E-state index in [1.54, 1.807) is 0 Å². The van der Waals surface area contributed by atoms with E-state index in [1.165, 1.54) is 12.1 Å². The molecule has 27 heavy (non-hydrogen) atoms. The van der Waals surface area contributed by atoms with Crippen molar-refractivity contribution in [3.63, 3.8) is 0 Å². The van der Waals surface area contributed by atoms with Crippen LogP contribution in [0.3, 0.4) is 0 Å². The van der Waals surface area contributed by atoms with Gasteiger partial charge >= 0.3 is 5.97 Å². The van der Waals surface area contributed by atoms with Crippen LogP contribution < -0.4 is 9.62 Å². The van der Waals surface area contributed by atoms with Crippen LogP contribution in [0.1, 0.15) is 49.9 Å². The van der Waals surface area contributed by atoms with E-state index in [4.69, 9.17) is 4.55 Å². The lowest BCUT2D eigenvalue weighted by Gasteiger charge is -2.26. The molecule has 1 aromatic rings. The minimum absolute atomic E-state index is 0.0886. The van der Waals surface area contributed by atoms with Gasteiger partial charge in [-0.3, -0.25) is 9.27 Å². The summed E-state index contributed by atoms with van der Waals surface area (Å²) in [5, 5.41) is 8.02. The number of carboxylic acid groups (broad SMARTS) is 1. The molecule has 0 aliphatic rings. The van der Waals surface area contributed by atoms with Crippen molar-refractivity contribution in [2.75, 3.05) is 27.8 Å². The number of hydrogen-bond acceptors (Lipinski definition) is 6. The Balaban J connectivity index is 3.20. The normalized spacial score (nSPS) is 12.0. The third kappa shape index (κ3) is 8.14. The number of nitrogens with one attached hydrogen (secondary N) is 1. The fourth-order valence-electron chi connectivity index (χ4n) is 2.50. The van der Waals surface area contributed by atoms with Gasteiger partial charge in [0.25, 0.3) is 10.1 Å². The molecule has 9 nitrogen and oxygen atoms in total. The summed E-state index contributed by atoms with van der Waals surface area (Å²) in [6, 6.07) is 4.01. The molecule has 0 atom stereocenters. The second-order valence-electron chi connectivity index (χ2n) is 6.15. The number of aromatic carboxylic acids is 1. The topological polar surface area (TPSA) is 141 Å². The van der Waals surface area contributed by atoms with Gasteiger partial charge in [-0.1, -0.05) is 26.7 Å². The summed E-state index contributed by atoms with van der Waals surface area (Å²) in [5.74, 6) is -1.22. The molecule has 0 aromatic heterocycles. The van der Waals surface area contributed by atoms with Crippen LogP contribution >= 0.6 is 0 Å². The lowest BCUT2D eigenvalue weighted by atomic mass is 10.1. The van der Waals surface area contributed by atoms with E-state index < -0.39 is 31.2 Å². The molecule has 0 amide bonds. The second-order valence-corrected chi connectivity index (χ2v) is 9.69. The summed E-state index contributed by atoms with van der Waals surface area (Å²) in [6.07, 6.45) is 3.65. The Morgan fingerprint density at radius 2 is 1.63 bits per heavy atom. The molecule has 0 heterocycles. The zero-order valence-corrected chi connectivity index (χ0v) is 17.0.